The van der Waals surface area contributed by atoms with Crippen LogP contribution < -0.4 is 21.9 Å². The number of amides is 1. The number of carbonyl (C=O) groups excluding carboxylic acids is 1. The SMILES string of the molecule is CCCCn1c(N)c(N(CC(C)C)C(=O)Cc2ccc(F)cc2)c(=O)[nH]c1=O. The Hall–Kier alpha value is -2.90. The minimum Gasteiger partial charge on any atom is -0.383 e. The predicted octanol–water partition coefficient (Wildman–Crippen LogP) is 2.29. The van der Waals surface area contributed by atoms with Gasteiger partial charge in [0.2, 0.25) is 5.91 Å². The molecule has 0 bridgehead atoms. The number of benzene rings is 1. The number of nitrogens with two attached hydrogens (primary N) is 1. The van der Waals surface area contributed by atoms with Gasteiger partial charge in [0.05, 0.1) is 6.42 Å². The van der Waals surface area contributed by atoms with Crippen LogP contribution in [0.25, 0.3) is 0 Å². The summed E-state index contributed by atoms with van der Waals surface area (Å²) < 4.78 is 14.4. The standard InChI is InChI=1S/C20H27FN4O3/c1-4-5-10-24-18(22)17(19(27)23-20(24)28)25(12-13(2)3)16(26)11-14-6-8-15(21)9-7-14/h6-9,13H,4-5,10-12,22H2,1-3H3,(H,23,27,28). The zero-order valence-corrected chi connectivity index (χ0v) is 16.5. The van der Waals surface area contributed by atoms with E-state index in [1.165, 1.54) is 33.7 Å². The van der Waals surface area contributed by atoms with Crippen molar-refractivity contribution in [3.8, 4) is 0 Å². The van der Waals surface area contributed by atoms with Gasteiger partial charge >= 0.3 is 5.69 Å². The Morgan fingerprint density at radius 2 is 1.89 bits per heavy atom. The molecular weight excluding hydrogens is 363 g/mol. The Kier molecular flexibility index (Phi) is 7.14. The van der Waals surface area contributed by atoms with Crippen molar-refractivity contribution in [2.45, 2.75) is 46.6 Å². The second kappa shape index (κ2) is 9.34. The second-order valence-corrected chi connectivity index (χ2v) is 7.20. The van der Waals surface area contributed by atoms with Crippen molar-refractivity contribution in [3.05, 3.63) is 56.5 Å². The summed E-state index contributed by atoms with van der Waals surface area (Å²) in [6.45, 7) is 6.42. The number of nitrogen functional groups attached to an aromatic ring is 1. The highest BCUT2D eigenvalue weighted by Crippen LogP contribution is 2.20. The van der Waals surface area contributed by atoms with E-state index in [1.807, 2.05) is 20.8 Å². The number of anilines is 2. The topological polar surface area (TPSA) is 101 Å². The van der Waals surface area contributed by atoms with E-state index in [-0.39, 0.29) is 42.1 Å². The van der Waals surface area contributed by atoms with E-state index in [1.54, 1.807) is 0 Å². The van der Waals surface area contributed by atoms with Crippen molar-refractivity contribution in [1.29, 1.82) is 0 Å². The van der Waals surface area contributed by atoms with Gasteiger partial charge in [-0.2, -0.15) is 0 Å². The van der Waals surface area contributed by atoms with E-state index >= 15 is 0 Å². The molecule has 2 rings (SSSR count). The minimum absolute atomic E-state index is 0.0139. The van der Waals surface area contributed by atoms with Crippen molar-refractivity contribution >= 4 is 17.4 Å². The van der Waals surface area contributed by atoms with E-state index in [0.29, 0.717) is 18.5 Å². The fraction of sp³-hybridized carbons (Fsp3) is 0.450. The lowest BCUT2D eigenvalue weighted by Crippen LogP contribution is -2.43. The third-order valence-electron chi connectivity index (χ3n) is 4.34. The highest BCUT2D eigenvalue weighted by molar-refractivity contribution is 5.96. The molecule has 0 aliphatic carbocycles. The molecule has 1 aromatic carbocycles. The van der Waals surface area contributed by atoms with Crippen molar-refractivity contribution in [1.82, 2.24) is 9.55 Å². The first-order chi connectivity index (χ1) is 13.2. The van der Waals surface area contributed by atoms with Crippen LogP contribution in [0.4, 0.5) is 15.9 Å². The van der Waals surface area contributed by atoms with Gasteiger partial charge in [-0.15, -0.1) is 0 Å². The number of nitrogens with zero attached hydrogens (tertiary/aromatic N) is 2. The Balaban J connectivity index is 2.47. The first kappa shape index (κ1) is 21.4. The third kappa shape index (κ3) is 5.09. The van der Waals surface area contributed by atoms with Crippen molar-refractivity contribution in [3.63, 3.8) is 0 Å². The highest BCUT2D eigenvalue weighted by Gasteiger charge is 2.25. The van der Waals surface area contributed by atoms with Gasteiger partial charge in [-0.05, 0) is 30.0 Å². The van der Waals surface area contributed by atoms with E-state index in [9.17, 15) is 18.8 Å². The second-order valence-electron chi connectivity index (χ2n) is 7.20. The van der Waals surface area contributed by atoms with E-state index < -0.39 is 11.2 Å². The van der Waals surface area contributed by atoms with Crippen LogP contribution >= 0.6 is 0 Å². The van der Waals surface area contributed by atoms with Gasteiger partial charge in [-0.25, -0.2) is 9.18 Å². The fourth-order valence-corrected chi connectivity index (χ4v) is 2.93. The van der Waals surface area contributed by atoms with Crippen LogP contribution in [0.2, 0.25) is 0 Å². The normalized spacial score (nSPS) is 11.0. The summed E-state index contributed by atoms with van der Waals surface area (Å²) in [5, 5.41) is 0. The lowest BCUT2D eigenvalue weighted by molar-refractivity contribution is -0.118. The first-order valence-corrected chi connectivity index (χ1v) is 9.42. The number of aromatic nitrogens is 2. The summed E-state index contributed by atoms with van der Waals surface area (Å²) in [5.41, 5.74) is 5.48. The fourth-order valence-electron chi connectivity index (χ4n) is 2.93. The van der Waals surface area contributed by atoms with Gasteiger partial charge < -0.3 is 10.6 Å². The lowest BCUT2D eigenvalue weighted by Gasteiger charge is -2.26. The maximum absolute atomic E-state index is 13.1. The molecule has 3 N–H and O–H groups in total. The maximum Gasteiger partial charge on any atom is 0.330 e. The van der Waals surface area contributed by atoms with Gasteiger partial charge in [0.1, 0.15) is 11.6 Å². The van der Waals surface area contributed by atoms with E-state index in [2.05, 4.69) is 4.98 Å². The van der Waals surface area contributed by atoms with Gasteiger partial charge in [-0.1, -0.05) is 39.3 Å². The van der Waals surface area contributed by atoms with Crippen molar-refractivity contribution in [2.24, 2.45) is 5.92 Å². The molecule has 152 valence electrons. The highest BCUT2D eigenvalue weighted by atomic mass is 19.1. The molecular formula is C20H27FN4O3. The molecule has 28 heavy (non-hydrogen) atoms. The number of halogens is 1. The molecule has 0 aliphatic heterocycles. The number of H-pyrrole nitrogens is 1. The summed E-state index contributed by atoms with van der Waals surface area (Å²) >= 11 is 0. The van der Waals surface area contributed by atoms with E-state index in [4.69, 9.17) is 5.73 Å². The smallest absolute Gasteiger partial charge is 0.330 e. The number of rotatable bonds is 8. The number of hydrogen-bond acceptors (Lipinski definition) is 4. The molecule has 1 heterocycles. The predicted molar refractivity (Wildman–Crippen MR) is 108 cm³/mol. The van der Waals surface area contributed by atoms with Gasteiger partial charge in [0.15, 0.2) is 5.69 Å². The van der Waals surface area contributed by atoms with Crippen LogP contribution in [0.5, 0.6) is 0 Å². The Bertz CT molecular complexity index is 932. The summed E-state index contributed by atoms with van der Waals surface area (Å²) in [5.74, 6) is -0.695. The number of nitrogens with one attached hydrogen (secondary N) is 1. The van der Waals surface area contributed by atoms with Crippen LogP contribution in [-0.4, -0.2) is 22.0 Å². The Labute approximate surface area is 163 Å². The molecule has 0 saturated heterocycles. The molecule has 0 unspecified atom stereocenters. The maximum atomic E-state index is 13.1. The number of hydrogen-bond donors (Lipinski definition) is 2. The van der Waals surface area contributed by atoms with E-state index in [0.717, 1.165) is 6.42 Å². The number of carbonyl (C=O) groups is 1. The van der Waals surface area contributed by atoms with Gasteiger partial charge in [0.25, 0.3) is 5.56 Å². The number of aromatic amines is 1. The molecule has 1 amide bonds. The first-order valence-electron chi connectivity index (χ1n) is 9.42. The monoisotopic (exact) mass is 390 g/mol. The average Bonchev–Trinajstić information content (AvgIpc) is 2.62. The number of unbranched alkanes of at least 4 members (excludes halogenated alkanes) is 1. The molecule has 0 saturated carbocycles. The summed E-state index contributed by atoms with van der Waals surface area (Å²) in [7, 11) is 0. The molecule has 7 nitrogen and oxygen atoms in total. The zero-order valence-electron chi connectivity index (χ0n) is 16.5. The summed E-state index contributed by atoms with van der Waals surface area (Å²) in [6.07, 6.45) is 1.54. The summed E-state index contributed by atoms with van der Waals surface area (Å²) in [4.78, 5) is 41.2. The van der Waals surface area contributed by atoms with Crippen LogP contribution in [-0.2, 0) is 17.8 Å². The van der Waals surface area contributed by atoms with Gasteiger partial charge in [0, 0.05) is 13.1 Å². The molecule has 0 aliphatic rings. The molecule has 1 aromatic heterocycles. The average molecular weight is 390 g/mol. The lowest BCUT2D eigenvalue weighted by atomic mass is 10.1. The molecule has 8 heteroatoms. The van der Waals surface area contributed by atoms with Crippen molar-refractivity contribution in [2.75, 3.05) is 17.2 Å². The van der Waals surface area contributed by atoms with Crippen LogP contribution in [0.3, 0.4) is 0 Å². The largest absolute Gasteiger partial charge is 0.383 e. The Morgan fingerprint density at radius 1 is 1.25 bits per heavy atom. The quantitative estimate of drug-likeness (QED) is 0.722. The van der Waals surface area contributed by atoms with Crippen molar-refractivity contribution < 1.29 is 9.18 Å². The van der Waals surface area contributed by atoms with Crippen LogP contribution in [0.15, 0.2) is 33.9 Å². The molecule has 0 atom stereocenters. The minimum atomic E-state index is -0.691. The molecule has 0 fully saturated rings. The molecule has 2 aromatic rings. The third-order valence-corrected chi connectivity index (χ3v) is 4.34. The summed E-state index contributed by atoms with van der Waals surface area (Å²) in [6, 6.07) is 5.61. The molecule has 0 radical (unpaired) electrons. The van der Waals surface area contributed by atoms with Crippen LogP contribution in [0.1, 0.15) is 39.2 Å². The van der Waals surface area contributed by atoms with Crippen LogP contribution in [0, 0.1) is 11.7 Å². The Morgan fingerprint density at radius 3 is 2.46 bits per heavy atom. The molecule has 0 spiro atoms. The zero-order chi connectivity index (χ0) is 20.8. The van der Waals surface area contributed by atoms with Gasteiger partial charge in [-0.3, -0.25) is 19.1 Å².